The number of amides is 2. The first-order valence-electron chi connectivity index (χ1n) is 4.85. The van der Waals surface area contributed by atoms with E-state index in [4.69, 9.17) is 14.6 Å². The minimum atomic E-state index is -1.02. The summed E-state index contributed by atoms with van der Waals surface area (Å²) in [5.41, 5.74) is 0. The van der Waals surface area contributed by atoms with E-state index in [1.54, 1.807) is 14.2 Å². The third kappa shape index (κ3) is 8.01. The molecule has 0 saturated heterocycles. The first-order chi connectivity index (χ1) is 7.57. The summed E-state index contributed by atoms with van der Waals surface area (Å²) in [6, 6.07) is -0.240. The number of hydrogen-bond acceptors (Lipinski definition) is 4. The van der Waals surface area contributed by atoms with E-state index in [1.165, 1.54) is 4.90 Å². The molecule has 0 bridgehead atoms. The number of nitrogens with one attached hydrogen (secondary N) is 1. The molecule has 0 radical (unpaired) electrons. The largest absolute Gasteiger partial charge is 0.480 e. The van der Waals surface area contributed by atoms with Gasteiger partial charge in [0.15, 0.2) is 0 Å². The molecule has 0 aromatic rings. The van der Waals surface area contributed by atoms with Gasteiger partial charge in [0, 0.05) is 27.2 Å². The molecule has 0 unspecified atom stereocenters. The Balaban J connectivity index is 3.45. The summed E-state index contributed by atoms with van der Waals surface area (Å²) >= 11 is 0. The van der Waals surface area contributed by atoms with Crippen LogP contribution in [-0.2, 0) is 14.3 Å². The van der Waals surface area contributed by atoms with Crippen molar-refractivity contribution >= 4 is 12.0 Å². The zero-order chi connectivity index (χ0) is 12.4. The summed E-state index contributed by atoms with van der Waals surface area (Å²) in [5, 5.41) is 10.9. The molecule has 0 aliphatic carbocycles. The second kappa shape index (κ2) is 8.93. The lowest BCUT2D eigenvalue weighted by Gasteiger charge is -2.17. The van der Waals surface area contributed by atoms with Gasteiger partial charge in [0.25, 0.3) is 0 Å². The van der Waals surface area contributed by atoms with Crippen molar-refractivity contribution in [2.45, 2.75) is 0 Å². The van der Waals surface area contributed by atoms with Gasteiger partial charge in [0.05, 0.1) is 13.2 Å². The molecule has 0 rings (SSSR count). The molecule has 2 N–H and O–H groups in total. The molecule has 0 fully saturated rings. The van der Waals surface area contributed by atoms with Crippen molar-refractivity contribution in [1.29, 1.82) is 0 Å². The number of methoxy groups -OCH3 is 1. The third-order valence-corrected chi connectivity index (χ3v) is 1.73. The van der Waals surface area contributed by atoms with Crippen LogP contribution in [0.4, 0.5) is 4.79 Å². The van der Waals surface area contributed by atoms with Crippen LogP contribution >= 0.6 is 0 Å². The molecule has 0 heterocycles. The topological polar surface area (TPSA) is 88.1 Å². The van der Waals surface area contributed by atoms with Crippen LogP contribution in [0.3, 0.4) is 0 Å². The lowest BCUT2D eigenvalue weighted by Crippen LogP contribution is -2.40. The van der Waals surface area contributed by atoms with E-state index in [1.807, 2.05) is 0 Å². The Morgan fingerprint density at radius 1 is 1.38 bits per heavy atom. The SMILES string of the molecule is COCCN(C)C(=O)NCCOCC(=O)O. The normalized spacial score (nSPS) is 9.88. The first-order valence-corrected chi connectivity index (χ1v) is 4.85. The maximum atomic E-state index is 11.3. The fourth-order valence-electron chi connectivity index (χ4n) is 0.854. The van der Waals surface area contributed by atoms with Gasteiger partial charge in [-0.1, -0.05) is 0 Å². The van der Waals surface area contributed by atoms with Gasteiger partial charge in [-0.3, -0.25) is 0 Å². The summed E-state index contributed by atoms with van der Waals surface area (Å²) in [7, 11) is 3.21. The summed E-state index contributed by atoms with van der Waals surface area (Å²) in [6.45, 7) is 1.08. The third-order valence-electron chi connectivity index (χ3n) is 1.73. The highest BCUT2D eigenvalue weighted by Crippen LogP contribution is 1.84. The minimum Gasteiger partial charge on any atom is -0.480 e. The number of urea groups is 1. The monoisotopic (exact) mass is 234 g/mol. The van der Waals surface area contributed by atoms with Gasteiger partial charge >= 0.3 is 12.0 Å². The Labute approximate surface area is 94.3 Å². The van der Waals surface area contributed by atoms with E-state index in [0.29, 0.717) is 13.2 Å². The van der Waals surface area contributed by atoms with Crippen molar-refractivity contribution in [1.82, 2.24) is 10.2 Å². The molecule has 0 aliphatic rings. The highest BCUT2D eigenvalue weighted by Gasteiger charge is 2.06. The van der Waals surface area contributed by atoms with E-state index < -0.39 is 5.97 Å². The smallest absolute Gasteiger partial charge is 0.329 e. The maximum Gasteiger partial charge on any atom is 0.329 e. The van der Waals surface area contributed by atoms with Gasteiger partial charge in [0.1, 0.15) is 6.61 Å². The summed E-state index contributed by atoms with van der Waals surface area (Å²) < 4.78 is 9.57. The van der Waals surface area contributed by atoms with Crippen LogP contribution in [0.2, 0.25) is 0 Å². The molecule has 0 spiro atoms. The molecule has 0 aromatic carbocycles. The zero-order valence-electron chi connectivity index (χ0n) is 9.56. The number of likely N-dealkylation sites (N-methyl/N-ethyl adjacent to an activating group) is 1. The van der Waals surface area contributed by atoms with E-state index in [9.17, 15) is 9.59 Å². The van der Waals surface area contributed by atoms with E-state index >= 15 is 0 Å². The number of nitrogens with zero attached hydrogens (tertiary/aromatic N) is 1. The van der Waals surface area contributed by atoms with Crippen LogP contribution in [0.1, 0.15) is 0 Å². The molecule has 0 saturated carbocycles. The van der Waals surface area contributed by atoms with Gasteiger partial charge in [-0.2, -0.15) is 0 Å². The van der Waals surface area contributed by atoms with Crippen molar-refractivity contribution in [2.75, 3.05) is 47.1 Å². The number of carboxylic acid groups (broad SMARTS) is 1. The number of ether oxygens (including phenoxy) is 2. The minimum absolute atomic E-state index is 0.177. The van der Waals surface area contributed by atoms with Crippen LogP contribution in [0.15, 0.2) is 0 Å². The van der Waals surface area contributed by atoms with Crippen LogP contribution in [0.25, 0.3) is 0 Å². The van der Waals surface area contributed by atoms with E-state index in [2.05, 4.69) is 5.32 Å². The Morgan fingerprint density at radius 2 is 2.06 bits per heavy atom. The number of carbonyl (C=O) groups is 2. The standard InChI is InChI=1S/C9H18N2O5/c1-11(4-6-15-2)9(14)10-3-5-16-7-8(12)13/h3-7H2,1-2H3,(H,10,14)(H,12,13). The maximum absolute atomic E-state index is 11.3. The van der Waals surface area contributed by atoms with Gasteiger partial charge in [-0.05, 0) is 0 Å². The molecule has 0 atom stereocenters. The molecule has 0 aliphatic heterocycles. The molecule has 2 amide bonds. The van der Waals surface area contributed by atoms with Crippen LogP contribution in [0, 0.1) is 0 Å². The van der Waals surface area contributed by atoms with Crippen LogP contribution < -0.4 is 5.32 Å². The van der Waals surface area contributed by atoms with E-state index in [-0.39, 0.29) is 25.8 Å². The van der Waals surface area contributed by atoms with Crippen LogP contribution in [-0.4, -0.2) is 69.1 Å². The van der Waals surface area contributed by atoms with Crippen molar-refractivity contribution in [2.24, 2.45) is 0 Å². The van der Waals surface area contributed by atoms with Gasteiger partial charge in [-0.15, -0.1) is 0 Å². The fourth-order valence-corrected chi connectivity index (χ4v) is 0.854. The molecule has 16 heavy (non-hydrogen) atoms. The van der Waals surface area contributed by atoms with Crippen molar-refractivity contribution in [3.63, 3.8) is 0 Å². The van der Waals surface area contributed by atoms with Crippen LogP contribution in [0.5, 0.6) is 0 Å². The predicted octanol–water partition coefficient (Wildman–Crippen LogP) is -0.625. The Morgan fingerprint density at radius 3 is 2.62 bits per heavy atom. The van der Waals surface area contributed by atoms with Gasteiger partial charge in [0.2, 0.25) is 0 Å². The number of carboxylic acids is 1. The Bertz CT molecular complexity index is 222. The number of carbonyl (C=O) groups excluding carboxylic acids is 1. The number of rotatable bonds is 8. The Kier molecular flexibility index (Phi) is 8.18. The lowest BCUT2D eigenvalue weighted by atomic mass is 10.6. The number of aliphatic carboxylic acids is 1. The molecular weight excluding hydrogens is 216 g/mol. The van der Waals surface area contributed by atoms with Gasteiger partial charge < -0.3 is 24.8 Å². The highest BCUT2D eigenvalue weighted by atomic mass is 16.5. The van der Waals surface area contributed by atoms with Gasteiger partial charge in [-0.25, -0.2) is 9.59 Å². The second-order valence-electron chi connectivity index (χ2n) is 3.09. The molecule has 0 aromatic heterocycles. The second-order valence-corrected chi connectivity index (χ2v) is 3.09. The summed E-state index contributed by atoms with van der Waals surface area (Å²) in [6.07, 6.45) is 0. The molecule has 7 nitrogen and oxygen atoms in total. The van der Waals surface area contributed by atoms with Crippen molar-refractivity contribution in [3.8, 4) is 0 Å². The Hall–Kier alpha value is -1.34. The summed E-state index contributed by atoms with van der Waals surface area (Å²) in [5.74, 6) is -1.02. The highest BCUT2D eigenvalue weighted by molar-refractivity contribution is 5.73. The van der Waals surface area contributed by atoms with Crippen molar-refractivity contribution < 1.29 is 24.2 Å². The first kappa shape index (κ1) is 14.7. The molecule has 94 valence electrons. The van der Waals surface area contributed by atoms with E-state index in [0.717, 1.165) is 0 Å². The molecular formula is C9H18N2O5. The summed E-state index contributed by atoms with van der Waals surface area (Å²) in [4.78, 5) is 22.9. The predicted molar refractivity (Wildman–Crippen MR) is 56.4 cm³/mol. The van der Waals surface area contributed by atoms with Crippen molar-refractivity contribution in [3.05, 3.63) is 0 Å². The quantitative estimate of drug-likeness (QED) is 0.546. The molecule has 7 heteroatoms. The fraction of sp³-hybridized carbons (Fsp3) is 0.778. The lowest BCUT2D eigenvalue weighted by molar-refractivity contribution is -0.142. The number of hydrogen-bond donors (Lipinski definition) is 2. The zero-order valence-corrected chi connectivity index (χ0v) is 9.56. The average Bonchev–Trinajstić information content (AvgIpc) is 2.24. The average molecular weight is 234 g/mol.